The molecular weight excluding hydrogens is 370 g/mol. The third kappa shape index (κ3) is 3.84. The third-order valence-corrected chi connectivity index (χ3v) is 5.89. The van der Waals surface area contributed by atoms with E-state index in [1.807, 2.05) is 18.2 Å². The molecule has 0 spiro atoms. The highest BCUT2D eigenvalue weighted by Gasteiger charge is 2.29. The fourth-order valence-corrected chi connectivity index (χ4v) is 4.35. The first-order chi connectivity index (χ1) is 14.1. The lowest BCUT2D eigenvalue weighted by Gasteiger charge is -2.30. The molecule has 1 saturated heterocycles. The van der Waals surface area contributed by atoms with Crippen LogP contribution in [0.15, 0.2) is 30.3 Å². The van der Waals surface area contributed by atoms with Gasteiger partial charge in [0, 0.05) is 13.1 Å². The lowest BCUT2D eigenvalue weighted by Crippen LogP contribution is -2.42. The fourth-order valence-electron chi connectivity index (χ4n) is 4.35. The van der Waals surface area contributed by atoms with Crippen molar-refractivity contribution in [2.45, 2.75) is 32.6 Å². The molecule has 2 aromatic carbocycles. The van der Waals surface area contributed by atoms with Crippen LogP contribution in [0.25, 0.3) is 10.8 Å². The third-order valence-electron chi connectivity index (χ3n) is 5.89. The lowest BCUT2D eigenvalue weighted by molar-refractivity contribution is -0.151. The van der Waals surface area contributed by atoms with Gasteiger partial charge in [0.2, 0.25) is 0 Å². The van der Waals surface area contributed by atoms with Crippen LogP contribution in [-0.2, 0) is 31.9 Å². The molecule has 1 fully saturated rings. The summed E-state index contributed by atoms with van der Waals surface area (Å²) in [6.07, 6.45) is 3.14. The Morgan fingerprint density at radius 1 is 1.00 bits per heavy atom. The lowest BCUT2D eigenvalue weighted by atomic mass is 9.97. The van der Waals surface area contributed by atoms with Gasteiger partial charge in [-0.3, -0.25) is 9.59 Å². The second-order valence-corrected chi connectivity index (χ2v) is 7.60. The first kappa shape index (κ1) is 19.4. The second kappa shape index (κ2) is 8.23. The van der Waals surface area contributed by atoms with Crippen molar-refractivity contribution in [2.24, 2.45) is 5.92 Å². The average molecular weight is 395 g/mol. The van der Waals surface area contributed by atoms with Crippen LogP contribution in [-0.4, -0.2) is 49.0 Å². The number of piperidine rings is 1. The predicted octanol–water partition coefficient (Wildman–Crippen LogP) is 2.90. The molecule has 1 aliphatic carbocycles. The predicted molar refractivity (Wildman–Crippen MR) is 108 cm³/mol. The minimum atomic E-state index is -0.477. The van der Waals surface area contributed by atoms with Gasteiger partial charge in [0.15, 0.2) is 6.61 Å². The van der Waals surface area contributed by atoms with Crippen molar-refractivity contribution in [1.29, 1.82) is 0 Å². The van der Waals surface area contributed by atoms with E-state index in [1.165, 1.54) is 11.1 Å². The van der Waals surface area contributed by atoms with E-state index in [0.717, 1.165) is 23.6 Å². The number of benzene rings is 2. The second-order valence-electron chi connectivity index (χ2n) is 7.60. The molecule has 0 bridgehead atoms. The largest absolute Gasteiger partial charge is 0.466 e. The molecule has 1 amide bonds. The summed E-state index contributed by atoms with van der Waals surface area (Å²) in [6.45, 7) is 2.81. The fraction of sp³-hybridized carbons (Fsp3) is 0.435. The molecular formula is C23H25NO5. The Balaban J connectivity index is 1.36. The van der Waals surface area contributed by atoms with Crippen LogP contribution in [0, 0.1) is 5.92 Å². The van der Waals surface area contributed by atoms with Crippen LogP contribution in [0.3, 0.4) is 0 Å². The highest BCUT2D eigenvalue weighted by molar-refractivity contribution is 6.07. The molecule has 1 heterocycles. The standard InChI is InChI=1S/C23H25NO5/c1-2-28-22(26)17-10-12-24(13-11-17)20(25)14-29-23(27)19-9-8-16-7-6-15-4-3-5-18(19)21(15)16/h3-5,8-9,17H,2,6-7,10-14H2,1H3. The van der Waals surface area contributed by atoms with Gasteiger partial charge in [-0.1, -0.05) is 24.3 Å². The van der Waals surface area contributed by atoms with Gasteiger partial charge < -0.3 is 14.4 Å². The summed E-state index contributed by atoms with van der Waals surface area (Å²) in [7, 11) is 0. The molecule has 4 rings (SSSR count). The van der Waals surface area contributed by atoms with Gasteiger partial charge in [-0.25, -0.2) is 4.79 Å². The number of aryl methyl sites for hydroxylation is 2. The van der Waals surface area contributed by atoms with E-state index >= 15 is 0 Å². The molecule has 29 heavy (non-hydrogen) atoms. The normalized spacial score (nSPS) is 16.1. The van der Waals surface area contributed by atoms with E-state index in [2.05, 4.69) is 6.07 Å². The average Bonchev–Trinajstić information content (AvgIpc) is 3.17. The van der Waals surface area contributed by atoms with Crippen molar-refractivity contribution in [3.05, 3.63) is 47.0 Å². The quantitative estimate of drug-likeness (QED) is 0.728. The van der Waals surface area contributed by atoms with E-state index in [9.17, 15) is 14.4 Å². The summed E-state index contributed by atoms with van der Waals surface area (Å²) >= 11 is 0. The minimum absolute atomic E-state index is 0.157. The van der Waals surface area contributed by atoms with E-state index < -0.39 is 5.97 Å². The molecule has 6 heteroatoms. The van der Waals surface area contributed by atoms with Crippen LogP contribution in [0.1, 0.15) is 41.3 Å². The molecule has 2 aliphatic rings. The number of amides is 1. The van der Waals surface area contributed by atoms with Crippen molar-refractivity contribution >= 4 is 28.6 Å². The van der Waals surface area contributed by atoms with E-state index in [1.54, 1.807) is 17.9 Å². The number of likely N-dealkylation sites (tertiary alicyclic amines) is 1. The summed E-state index contributed by atoms with van der Waals surface area (Å²) in [5.74, 6) is -1.06. The van der Waals surface area contributed by atoms with Crippen LogP contribution in [0.2, 0.25) is 0 Å². The summed E-state index contributed by atoms with van der Waals surface area (Å²) in [6, 6.07) is 9.77. The number of rotatable bonds is 5. The maximum atomic E-state index is 12.6. The Hall–Kier alpha value is -2.89. The van der Waals surface area contributed by atoms with Gasteiger partial charge >= 0.3 is 11.9 Å². The summed E-state index contributed by atoms with van der Waals surface area (Å²) in [5, 5.41) is 2.04. The number of ether oxygens (including phenoxy) is 2. The first-order valence-corrected chi connectivity index (χ1v) is 10.2. The number of esters is 2. The highest BCUT2D eigenvalue weighted by Crippen LogP contribution is 2.33. The van der Waals surface area contributed by atoms with Crippen LogP contribution >= 0.6 is 0 Å². The smallest absolute Gasteiger partial charge is 0.339 e. The summed E-state index contributed by atoms with van der Waals surface area (Å²) in [4.78, 5) is 38.6. The Morgan fingerprint density at radius 3 is 2.45 bits per heavy atom. The zero-order valence-electron chi connectivity index (χ0n) is 16.6. The number of carbonyl (C=O) groups is 3. The highest BCUT2D eigenvalue weighted by atomic mass is 16.5. The molecule has 6 nitrogen and oxygen atoms in total. The van der Waals surface area contributed by atoms with Gasteiger partial charge in [-0.2, -0.15) is 0 Å². The van der Waals surface area contributed by atoms with Gasteiger partial charge in [0.05, 0.1) is 18.1 Å². The van der Waals surface area contributed by atoms with Gasteiger partial charge in [-0.15, -0.1) is 0 Å². The van der Waals surface area contributed by atoms with Crippen LogP contribution < -0.4 is 0 Å². The van der Waals surface area contributed by atoms with Crippen molar-refractivity contribution in [3.8, 4) is 0 Å². The maximum absolute atomic E-state index is 12.6. The van der Waals surface area contributed by atoms with Crippen LogP contribution in [0.5, 0.6) is 0 Å². The van der Waals surface area contributed by atoms with Gasteiger partial charge in [0.1, 0.15) is 0 Å². The molecule has 0 aromatic heterocycles. The summed E-state index contributed by atoms with van der Waals surface area (Å²) in [5.41, 5.74) is 3.02. The SMILES string of the molecule is CCOC(=O)C1CCN(C(=O)COC(=O)c2ccc3c4c(cccc24)CC3)CC1. The van der Waals surface area contributed by atoms with Crippen molar-refractivity contribution < 1.29 is 23.9 Å². The van der Waals surface area contributed by atoms with Crippen molar-refractivity contribution in [2.75, 3.05) is 26.3 Å². The Labute approximate surface area is 169 Å². The molecule has 0 radical (unpaired) electrons. The molecule has 152 valence electrons. The van der Waals surface area contributed by atoms with E-state index in [0.29, 0.717) is 38.1 Å². The zero-order chi connectivity index (χ0) is 20.4. The van der Waals surface area contributed by atoms with Crippen molar-refractivity contribution in [1.82, 2.24) is 4.90 Å². The number of nitrogens with zero attached hydrogens (tertiary/aromatic N) is 1. The maximum Gasteiger partial charge on any atom is 0.339 e. The Morgan fingerprint density at radius 2 is 1.72 bits per heavy atom. The number of carbonyl (C=O) groups excluding carboxylic acids is 3. The zero-order valence-corrected chi connectivity index (χ0v) is 16.6. The number of hydrogen-bond donors (Lipinski definition) is 0. The molecule has 2 aromatic rings. The topological polar surface area (TPSA) is 72.9 Å². The van der Waals surface area contributed by atoms with Crippen LogP contribution in [0.4, 0.5) is 0 Å². The number of hydrogen-bond acceptors (Lipinski definition) is 5. The van der Waals surface area contributed by atoms with E-state index in [4.69, 9.17) is 9.47 Å². The van der Waals surface area contributed by atoms with Gasteiger partial charge in [0.25, 0.3) is 5.91 Å². The first-order valence-electron chi connectivity index (χ1n) is 10.2. The summed E-state index contributed by atoms with van der Waals surface area (Å²) < 4.78 is 10.4. The van der Waals surface area contributed by atoms with E-state index in [-0.39, 0.29) is 24.4 Å². The molecule has 0 unspecified atom stereocenters. The Bertz CT molecular complexity index is 949. The molecule has 0 N–H and O–H groups in total. The molecule has 1 aliphatic heterocycles. The minimum Gasteiger partial charge on any atom is -0.466 e. The molecule has 0 atom stereocenters. The Kier molecular flexibility index (Phi) is 5.51. The van der Waals surface area contributed by atoms with Gasteiger partial charge in [-0.05, 0) is 60.6 Å². The molecule has 0 saturated carbocycles. The van der Waals surface area contributed by atoms with Crippen molar-refractivity contribution in [3.63, 3.8) is 0 Å². The monoisotopic (exact) mass is 395 g/mol.